The van der Waals surface area contributed by atoms with Gasteiger partial charge in [-0.25, -0.2) is 4.79 Å². The molecule has 0 amide bonds. The monoisotopic (exact) mass is 376 g/mol. The van der Waals surface area contributed by atoms with Gasteiger partial charge in [-0.1, -0.05) is 70.4 Å². The van der Waals surface area contributed by atoms with E-state index in [4.69, 9.17) is 5.73 Å². The van der Waals surface area contributed by atoms with Crippen LogP contribution in [0.4, 0.5) is 0 Å². The summed E-state index contributed by atoms with van der Waals surface area (Å²) in [6, 6.07) is -0.738. The molecule has 1 atom stereocenters. The van der Waals surface area contributed by atoms with Gasteiger partial charge in [-0.3, -0.25) is 4.79 Å². The first-order valence-corrected chi connectivity index (χ1v) is 10.2. The number of unbranched alkanes of at least 4 members (excludes halogenated alkanes) is 11. The normalized spacial score (nSPS) is 12.0. The molecule has 0 rings (SSSR count). The molecule has 0 aliphatic carbocycles. The number of rotatable bonds is 16. The number of carbonyl (C=O) groups excluding carboxylic acids is 2. The van der Waals surface area contributed by atoms with Crippen LogP contribution < -0.4 is 5.73 Å². The molecule has 5 heteroatoms. The van der Waals surface area contributed by atoms with Crippen LogP contribution in [0.1, 0.15) is 104 Å². The summed E-state index contributed by atoms with van der Waals surface area (Å²) < 4.78 is 4.62. The Kier molecular flexibility index (Phi) is 22.8. The molecule has 0 aliphatic heterocycles. The van der Waals surface area contributed by atoms with E-state index in [2.05, 4.69) is 23.8 Å². The fourth-order valence-electron chi connectivity index (χ4n) is 2.60. The summed E-state index contributed by atoms with van der Waals surface area (Å²) in [4.78, 5) is 22.5. The van der Waals surface area contributed by atoms with Gasteiger partial charge >= 0.3 is 11.9 Å². The summed E-state index contributed by atoms with van der Waals surface area (Å²) in [6.07, 6.45) is 20.8. The summed E-state index contributed by atoms with van der Waals surface area (Å²) in [5.74, 6) is -1.10. The Balaban J connectivity index is 0. The summed E-state index contributed by atoms with van der Waals surface area (Å²) in [5.41, 5.74) is 5.34. The second-order valence-electron chi connectivity index (χ2n) is 6.92. The summed E-state index contributed by atoms with van der Waals surface area (Å²) in [6.45, 7) is 3.76. The van der Waals surface area contributed by atoms with Crippen molar-refractivity contribution >= 4 is 41.5 Å². The third-order valence-electron chi connectivity index (χ3n) is 4.23. The van der Waals surface area contributed by atoms with Crippen LogP contribution in [0, 0.1) is 0 Å². The molecule has 147 valence electrons. The zero-order chi connectivity index (χ0) is 18.8. The molecule has 0 saturated carbocycles. The molecule has 0 aromatic rings. The van der Waals surface area contributed by atoms with Crippen molar-refractivity contribution < 1.29 is 14.3 Å². The first-order chi connectivity index (χ1) is 12.1. The standard InChI is InChI=1S/C21H39NO3.Na/c1-3-4-5-6-7-8-9-10-11-12-13-14-15-16-17-18-20(23)25-21(24)19(2)22;/h10-11,19H,3-9,12-18,22H2,1-2H3;/b11-10-;/t19-;/m0./s1. The molecule has 0 aromatic heterocycles. The van der Waals surface area contributed by atoms with E-state index in [-0.39, 0.29) is 29.6 Å². The van der Waals surface area contributed by atoms with Crippen LogP contribution in [-0.4, -0.2) is 47.5 Å². The number of ether oxygens (including phenoxy) is 1. The van der Waals surface area contributed by atoms with Crippen LogP contribution in [0.2, 0.25) is 0 Å². The second-order valence-corrected chi connectivity index (χ2v) is 6.92. The Labute approximate surface area is 183 Å². The smallest absolute Gasteiger partial charge is 0.330 e. The summed E-state index contributed by atoms with van der Waals surface area (Å²) >= 11 is 0. The minimum absolute atomic E-state index is 0. The molecule has 0 saturated heterocycles. The van der Waals surface area contributed by atoms with E-state index in [1.807, 2.05) is 0 Å². The molecule has 4 nitrogen and oxygen atoms in total. The maximum absolute atomic E-state index is 11.4. The van der Waals surface area contributed by atoms with Crippen molar-refractivity contribution in [3.63, 3.8) is 0 Å². The van der Waals surface area contributed by atoms with Gasteiger partial charge in [0.1, 0.15) is 6.04 Å². The van der Waals surface area contributed by atoms with Crippen LogP contribution in [0.3, 0.4) is 0 Å². The van der Waals surface area contributed by atoms with E-state index in [9.17, 15) is 9.59 Å². The summed E-state index contributed by atoms with van der Waals surface area (Å²) in [7, 11) is 0. The van der Waals surface area contributed by atoms with Gasteiger partial charge in [-0.15, -0.1) is 0 Å². The number of nitrogens with two attached hydrogens (primary N) is 1. The molecule has 0 fully saturated rings. The van der Waals surface area contributed by atoms with Crippen LogP contribution >= 0.6 is 0 Å². The van der Waals surface area contributed by atoms with Gasteiger partial charge < -0.3 is 10.5 Å². The Morgan fingerprint density at radius 2 is 1.31 bits per heavy atom. The van der Waals surface area contributed by atoms with Gasteiger partial charge in [0.05, 0.1) is 0 Å². The average molecular weight is 377 g/mol. The molecule has 0 aromatic carbocycles. The van der Waals surface area contributed by atoms with E-state index in [0.29, 0.717) is 6.42 Å². The quantitative estimate of drug-likeness (QED) is 0.134. The largest absolute Gasteiger partial charge is 0.392 e. The maximum atomic E-state index is 11.4. The van der Waals surface area contributed by atoms with Gasteiger partial charge in [0.25, 0.3) is 0 Å². The van der Waals surface area contributed by atoms with Crippen molar-refractivity contribution in [2.75, 3.05) is 0 Å². The van der Waals surface area contributed by atoms with Crippen molar-refractivity contribution in [3.05, 3.63) is 12.2 Å². The maximum Gasteiger partial charge on any atom is 0.330 e. The van der Waals surface area contributed by atoms with Gasteiger partial charge in [0, 0.05) is 36.0 Å². The predicted molar refractivity (Wildman–Crippen MR) is 110 cm³/mol. The zero-order valence-corrected chi connectivity index (χ0v) is 19.4. The fraction of sp³-hybridized carbons (Fsp3) is 0.810. The number of carbonyl (C=O) groups is 2. The molecule has 0 bridgehead atoms. The molecule has 0 unspecified atom stereocenters. The van der Waals surface area contributed by atoms with Gasteiger partial charge in [0.15, 0.2) is 0 Å². The minimum Gasteiger partial charge on any atom is -0.392 e. The molecule has 2 N–H and O–H groups in total. The minimum atomic E-state index is -0.738. The van der Waals surface area contributed by atoms with Crippen LogP contribution in [0.5, 0.6) is 0 Å². The van der Waals surface area contributed by atoms with E-state index in [0.717, 1.165) is 25.7 Å². The molecule has 1 radical (unpaired) electrons. The molecule has 0 spiro atoms. The molecular formula is C21H39NNaO3. The van der Waals surface area contributed by atoms with E-state index in [1.165, 1.54) is 64.7 Å². The molecule has 26 heavy (non-hydrogen) atoms. The van der Waals surface area contributed by atoms with Gasteiger partial charge in [0.2, 0.25) is 0 Å². The topological polar surface area (TPSA) is 69.4 Å². The molecule has 0 aliphatic rings. The number of hydrogen-bond acceptors (Lipinski definition) is 4. The van der Waals surface area contributed by atoms with E-state index < -0.39 is 18.0 Å². The van der Waals surface area contributed by atoms with Crippen LogP contribution in [0.15, 0.2) is 12.2 Å². The first kappa shape index (κ1) is 28.1. The third-order valence-corrected chi connectivity index (χ3v) is 4.23. The van der Waals surface area contributed by atoms with Gasteiger partial charge in [-0.2, -0.15) is 0 Å². The Morgan fingerprint density at radius 3 is 1.81 bits per heavy atom. The number of esters is 2. The molecule has 0 heterocycles. The van der Waals surface area contributed by atoms with Gasteiger partial charge in [-0.05, 0) is 39.0 Å². The predicted octanol–water partition coefficient (Wildman–Crippen LogP) is 5.06. The van der Waals surface area contributed by atoms with E-state index in [1.54, 1.807) is 0 Å². The van der Waals surface area contributed by atoms with E-state index >= 15 is 0 Å². The van der Waals surface area contributed by atoms with Crippen molar-refractivity contribution in [1.82, 2.24) is 0 Å². The zero-order valence-electron chi connectivity index (χ0n) is 17.4. The second kappa shape index (κ2) is 21.1. The van der Waals surface area contributed by atoms with Crippen molar-refractivity contribution in [1.29, 1.82) is 0 Å². The van der Waals surface area contributed by atoms with Crippen molar-refractivity contribution in [3.8, 4) is 0 Å². The number of hydrogen-bond donors (Lipinski definition) is 1. The SMILES string of the molecule is CCCCCCCC/C=C\CCCCCCCC(=O)OC(=O)[C@H](C)N.[Na]. The van der Waals surface area contributed by atoms with Crippen molar-refractivity contribution in [2.45, 2.75) is 110 Å². The van der Waals surface area contributed by atoms with Crippen molar-refractivity contribution in [2.24, 2.45) is 5.73 Å². The Morgan fingerprint density at radius 1 is 0.846 bits per heavy atom. The first-order valence-electron chi connectivity index (χ1n) is 10.2. The third kappa shape index (κ3) is 20.2. The summed E-state index contributed by atoms with van der Waals surface area (Å²) in [5, 5.41) is 0. The Hall–Kier alpha value is -0.160. The Bertz CT molecular complexity index is 370. The number of allylic oxidation sites excluding steroid dienone is 2. The van der Waals surface area contributed by atoms with Crippen LogP contribution in [-0.2, 0) is 14.3 Å². The molecular weight excluding hydrogens is 337 g/mol. The van der Waals surface area contributed by atoms with Crippen LogP contribution in [0.25, 0.3) is 0 Å². The average Bonchev–Trinajstić information content (AvgIpc) is 2.58. The fourth-order valence-corrected chi connectivity index (χ4v) is 2.60.